The Morgan fingerprint density at radius 2 is 1.75 bits per heavy atom. The van der Waals surface area contributed by atoms with Crippen LogP contribution in [0, 0.1) is 6.92 Å². The number of carbonyl (C=O) groups excluding carboxylic acids is 1. The molecule has 1 saturated heterocycles. The van der Waals surface area contributed by atoms with Gasteiger partial charge in [0.25, 0.3) is 5.91 Å². The van der Waals surface area contributed by atoms with Gasteiger partial charge in [-0.1, -0.05) is 17.7 Å². The average Bonchev–Trinajstić information content (AvgIpc) is 3.05. The lowest BCUT2D eigenvalue weighted by atomic mass is 10.1. The van der Waals surface area contributed by atoms with Crippen LogP contribution in [0.15, 0.2) is 42.5 Å². The van der Waals surface area contributed by atoms with Crippen molar-refractivity contribution in [2.45, 2.75) is 13.3 Å². The summed E-state index contributed by atoms with van der Waals surface area (Å²) < 4.78 is 5.43. The van der Waals surface area contributed by atoms with Gasteiger partial charge in [0.1, 0.15) is 0 Å². The van der Waals surface area contributed by atoms with Gasteiger partial charge in [-0.2, -0.15) is 0 Å². The standard InChI is InChI=1S/C20H22N2O2/c1-15-2-4-16(5-3-15)20(23)22-9-8-17-14-18(6-7-19(17)22)21-10-12-24-13-11-21/h2-7,14H,8-13H2,1H3. The van der Waals surface area contributed by atoms with Crippen LogP contribution in [0.25, 0.3) is 0 Å². The number of morpholine rings is 1. The second-order valence-corrected chi connectivity index (χ2v) is 6.49. The number of nitrogens with zero attached hydrogens (tertiary/aromatic N) is 2. The minimum atomic E-state index is 0.0906. The molecule has 24 heavy (non-hydrogen) atoms. The Morgan fingerprint density at radius 1 is 1.00 bits per heavy atom. The van der Waals surface area contributed by atoms with Crippen LogP contribution in [0.1, 0.15) is 21.5 Å². The van der Waals surface area contributed by atoms with Crippen LogP contribution < -0.4 is 9.80 Å². The Kier molecular flexibility index (Phi) is 3.98. The zero-order chi connectivity index (χ0) is 16.5. The molecule has 4 heteroatoms. The fraction of sp³-hybridized carbons (Fsp3) is 0.350. The summed E-state index contributed by atoms with van der Waals surface area (Å²) in [5.74, 6) is 0.0906. The third kappa shape index (κ3) is 2.78. The van der Waals surface area contributed by atoms with Gasteiger partial charge in [-0.25, -0.2) is 0 Å². The van der Waals surface area contributed by atoms with Gasteiger partial charge >= 0.3 is 0 Å². The Morgan fingerprint density at radius 3 is 2.50 bits per heavy atom. The van der Waals surface area contributed by atoms with Crippen LogP contribution in [-0.2, 0) is 11.2 Å². The number of carbonyl (C=O) groups is 1. The largest absolute Gasteiger partial charge is 0.378 e. The van der Waals surface area contributed by atoms with Gasteiger partial charge in [0, 0.05) is 36.6 Å². The molecule has 0 aliphatic carbocycles. The summed E-state index contributed by atoms with van der Waals surface area (Å²) in [5.41, 5.74) is 5.48. The Balaban J connectivity index is 1.57. The lowest BCUT2D eigenvalue weighted by Crippen LogP contribution is -2.36. The Labute approximate surface area is 142 Å². The molecule has 2 aliphatic rings. The molecule has 0 atom stereocenters. The van der Waals surface area contributed by atoms with Gasteiger partial charge < -0.3 is 14.5 Å². The number of anilines is 2. The third-order valence-electron chi connectivity index (χ3n) is 4.88. The first-order valence-electron chi connectivity index (χ1n) is 8.56. The lowest BCUT2D eigenvalue weighted by Gasteiger charge is -2.29. The molecule has 0 bridgehead atoms. The van der Waals surface area contributed by atoms with E-state index < -0.39 is 0 Å². The van der Waals surface area contributed by atoms with Crippen molar-refractivity contribution in [3.8, 4) is 0 Å². The molecule has 4 rings (SSSR count). The first kappa shape index (κ1) is 15.2. The maximum absolute atomic E-state index is 12.8. The molecule has 0 saturated carbocycles. The molecule has 0 radical (unpaired) electrons. The summed E-state index contributed by atoms with van der Waals surface area (Å²) in [6.07, 6.45) is 0.922. The number of amides is 1. The number of fused-ring (bicyclic) bond motifs is 1. The number of aryl methyl sites for hydroxylation is 1. The molecule has 2 aliphatic heterocycles. The van der Waals surface area contributed by atoms with Crippen LogP contribution in [-0.4, -0.2) is 38.8 Å². The van der Waals surface area contributed by atoms with E-state index in [-0.39, 0.29) is 5.91 Å². The summed E-state index contributed by atoms with van der Waals surface area (Å²) in [6.45, 7) is 6.24. The van der Waals surface area contributed by atoms with Crippen LogP contribution in [0.3, 0.4) is 0 Å². The molecule has 1 amide bonds. The van der Waals surface area contributed by atoms with E-state index in [9.17, 15) is 4.79 Å². The van der Waals surface area contributed by atoms with Gasteiger partial charge in [0.2, 0.25) is 0 Å². The SMILES string of the molecule is Cc1ccc(C(=O)N2CCc3cc(N4CCOCC4)ccc32)cc1. The molecular weight excluding hydrogens is 300 g/mol. The molecule has 124 valence electrons. The Hall–Kier alpha value is -2.33. The molecule has 0 N–H and O–H groups in total. The number of hydrogen-bond donors (Lipinski definition) is 0. The van der Waals surface area contributed by atoms with Crippen molar-refractivity contribution >= 4 is 17.3 Å². The fourth-order valence-corrected chi connectivity index (χ4v) is 3.47. The highest BCUT2D eigenvalue weighted by atomic mass is 16.5. The van der Waals surface area contributed by atoms with Crippen LogP contribution >= 0.6 is 0 Å². The van der Waals surface area contributed by atoms with Crippen molar-refractivity contribution in [1.82, 2.24) is 0 Å². The Bertz CT molecular complexity index is 749. The quantitative estimate of drug-likeness (QED) is 0.852. The van der Waals surface area contributed by atoms with E-state index in [0.29, 0.717) is 0 Å². The van der Waals surface area contributed by atoms with E-state index in [0.717, 1.165) is 50.5 Å². The first-order valence-corrected chi connectivity index (χ1v) is 8.56. The molecule has 0 spiro atoms. The van der Waals surface area contributed by atoms with Crippen molar-refractivity contribution in [1.29, 1.82) is 0 Å². The van der Waals surface area contributed by atoms with Crippen molar-refractivity contribution in [3.05, 3.63) is 59.2 Å². The van der Waals surface area contributed by atoms with Crippen LogP contribution in [0.5, 0.6) is 0 Å². The van der Waals surface area contributed by atoms with Crippen molar-refractivity contribution in [2.75, 3.05) is 42.6 Å². The van der Waals surface area contributed by atoms with Gasteiger partial charge in [-0.05, 0) is 49.2 Å². The first-order chi connectivity index (χ1) is 11.7. The minimum Gasteiger partial charge on any atom is -0.378 e. The summed E-state index contributed by atoms with van der Waals surface area (Å²) in [5, 5.41) is 0. The van der Waals surface area contributed by atoms with E-state index >= 15 is 0 Å². The van der Waals surface area contributed by atoms with Crippen LogP contribution in [0.4, 0.5) is 11.4 Å². The molecule has 0 unspecified atom stereocenters. The molecule has 2 aromatic rings. The highest BCUT2D eigenvalue weighted by molar-refractivity contribution is 6.07. The van der Waals surface area contributed by atoms with E-state index in [1.165, 1.54) is 16.8 Å². The smallest absolute Gasteiger partial charge is 0.258 e. The molecular formula is C20H22N2O2. The maximum atomic E-state index is 12.8. The van der Waals surface area contributed by atoms with Crippen LogP contribution in [0.2, 0.25) is 0 Å². The lowest BCUT2D eigenvalue weighted by molar-refractivity contribution is 0.0989. The van der Waals surface area contributed by atoms with Gasteiger partial charge in [-0.15, -0.1) is 0 Å². The summed E-state index contributed by atoms with van der Waals surface area (Å²) in [6, 6.07) is 14.3. The molecule has 2 aromatic carbocycles. The van der Waals surface area contributed by atoms with Gasteiger partial charge in [0.15, 0.2) is 0 Å². The predicted molar refractivity (Wildman–Crippen MR) is 96.0 cm³/mol. The third-order valence-corrected chi connectivity index (χ3v) is 4.88. The highest BCUT2D eigenvalue weighted by Crippen LogP contribution is 2.33. The maximum Gasteiger partial charge on any atom is 0.258 e. The summed E-state index contributed by atoms with van der Waals surface area (Å²) >= 11 is 0. The summed E-state index contributed by atoms with van der Waals surface area (Å²) in [7, 11) is 0. The normalized spacial score (nSPS) is 17.0. The number of hydrogen-bond acceptors (Lipinski definition) is 3. The zero-order valence-electron chi connectivity index (χ0n) is 14.0. The molecule has 2 heterocycles. The zero-order valence-corrected chi connectivity index (χ0v) is 14.0. The van der Waals surface area contributed by atoms with Crippen molar-refractivity contribution in [2.24, 2.45) is 0 Å². The number of rotatable bonds is 2. The number of benzene rings is 2. The highest BCUT2D eigenvalue weighted by Gasteiger charge is 2.26. The van der Waals surface area contributed by atoms with E-state index in [4.69, 9.17) is 4.74 Å². The molecule has 0 aromatic heterocycles. The average molecular weight is 322 g/mol. The van der Waals surface area contributed by atoms with Crippen molar-refractivity contribution in [3.63, 3.8) is 0 Å². The van der Waals surface area contributed by atoms with Gasteiger partial charge in [0.05, 0.1) is 13.2 Å². The van der Waals surface area contributed by atoms with E-state index in [2.05, 4.69) is 23.1 Å². The summed E-state index contributed by atoms with van der Waals surface area (Å²) in [4.78, 5) is 17.1. The van der Waals surface area contributed by atoms with Gasteiger partial charge in [-0.3, -0.25) is 4.79 Å². The van der Waals surface area contributed by atoms with E-state index in [1.807, 2.05) is 36.1 Å². The molecule has 4 nitrogen and oxygen atoms in total. The fourth-order valence-electron chi connectivity index (χ4n) is 3.47. The second kappa shape index (κ2) is 6.29. The second-order valence-electron chi connectivity index (χ2n) is 6.49. The molecule has 1 fully saturated rings. The van der Waals surface area contributed by atoms with Crippen molar-refractivity contribution < 1.29 is 9.53 Å². The topological polar surface area (TPSA) is 32.8 Å². The number of ether oxygens (including phenoxy) is 1. The predicted octanol–water partition coefficient (Wildman–Crippen LogP) is 3.03. The van der Waals surface area contributed by atoms with E-state index in [1.54, 1.807) is 0 Å². The minimum absolute atomic E-state index is 0.0906. The monoisotopic (exact) mass is 322 g/mol.